The summed E-state index contributed by atoms with van der Waals surface area (Å²) in [6, 6.07) is 9.33. The average Bonchev–Trinajstić information content (AvgIpc) is 2.35. The summed E-state index contributed by atoms with van der Waals surface area (Å²) in [6.07, 6.45) is 2.11. The minimum absolute atomic E-state index is 0.0929. The SMILES string of the molecule is CC[C@@]1(c2ccccc2)C=C(N)C(=O)NC1=O. The van der Waals surface area contributed by atoms with Crippen molar-refractivity contribution in [3.8, 4) is 0 Å². The summed E-state index contributed by atoms with van der Waals surface area (Å²) in [4.78, 5) is 23.4. The molecule has 0 spiro atoms. The van der Waals surface area contributed by atoms with Crippen molar-refractivity contribution in [1.82, 2.24) is 5.32 Å². The van der Waals surface area contributed by atoms with Gasteiger partial charge in [-0.25, -0.2) is 0 Å². The Balaban J connectivity index is 2.59. The number of nitrogens with two attached hydrogens (primary N) is 1. The van der Waals surface area contributed by atoms with Crippen LogP contribution in [-0.2, 0) is 15.0 Å². The fraction of sp³-hybridized carbons (Fsp3) is 0.231. The number of nitrogens with one attached hydrogen (secondary N) is 1. The lowest BCUT2D eigenvalue weighted by molar-refractivity contribution is -0.132. The van der Waals surface area contributed by atoms with Crippen LogP contribution in [0.15, 0.2) is 42.1 Å². The van der Waals surface area contributed by atoms with Gasteiger partial charge < -0.3 is 5.73 Å². The van der Waals surface area contributed by atoms with E-state index in [0.717, 1.165) is 5.56 Å². The first kappa shape index (κ1) is 11.4. The molecule has 2 amide bonds. The standard InChI is InChI=1S/C13H14N2O2/c1-2-13(9-6-4-3-5-7-9)8-10(14)11(16)15-12(13)17/h3-8H,2,14H2,1H3,(H,15,16,17)/t13-/m0/s1. The Kier molecular flexibility index (Phi) is 2.71. The molecule has 0 saturated carbocycles. The van der Waals surface area contributed by atoms with E-state index in [0.29, 0.717) is 6.42 Å². The minimum Gasteiger partial charge on any atom is -0.394 e. The maximum atomic E-state index is 12.1. The Morgan fingerprint density at radius 3 is 2.47 bits per heavy atom. The molecule has 1 aliphatic rings. The quantitative estimate of drug-likeness (QED) is 0.739. The van der Waals surface area contributed by atoms with Crippen LogP contribution < -0.4 is 11.1 Å². The number of carbonyl (C=O) groups excluding carboxylic acids is 2. The Morgan fingerprint density at radius 1 is 1.24 bits per heavy atom. The third-order valence-corrected chi connectivity index (χ3v) is 3.14. The van der Waals surface area contributed by atoms with E-state index < -0.39 is 11.3 Å². The highest BCUT2D eigenvalue weighted by Crippen LogP contribution is 2.32. The van der Waals surface area contributed by atoms with Crippen molar-refractivity contribution >= 4 is 11.8 Å². The van der Waals surface area contributed by atoms with Crippen molar-refractivity contribution in [3.63, 3.8) is 0 Å². The molecule has 1 atom stereocenters. The molecule has 4 heteroatoms. The van der Waals surface area contributed by atoms with Crippen molar-refractivity contribution in [2.45, 2.75) is 18.8 Å². The van der Waals surface area contributed by atoms with Crippen molar-refractivity contribution in [2.24, 2.45) is 5.73 Å². The minimum atomic E-state index is -0.834. The number of amides is 2. The first-order valence-corrected chi connectivity index (χ1v) is 5.50. The van der Waals surface area contributed by atoms with Crippen LogP contribution in [0.25, 0.3) is 0 Å². The van der Waals surface area contributed by atoms with E-state index in [1.807, 2.05) is 37.3 Å². The molecule has 0 radical (unpaired) electrons. The third kappa shape index (κ3) is 1.71. The van der Waals surface area contributed by atoms with Crippen molar-refractivity contribution in [2.75, 3.05) is 0 Å². The van der Waals surface area contributed by atoms with Gasteiger partial charge in [0, 0.05) is 0 Å². The van der Waals surface area contributed by atoms with Crippen LogP contribution in [0.5, 0.6) is 0 Å². The fourth-order valence-electron chi connectivity index (χ4n) is 2.10. The van der Waals surface area contributed by atoms with Crippen molar-refractivity contribution < 1.29 is 9.59 Å². The Morgan fingerprint density at radius 2 is 1.88 bits per heavy atom. The molecule has 0 fully saturated rings. The molecule has 1 heterocycles. The van der Waals surface area contributed by atoms with Gasteiger partial charge in [0.2, 0.25) is 5.91 Å². The summed E-state index contributed by atoms with van der Waals surface area (Å²) in [6.45, 7) is 1.89. The van der Waals surface area contributed by atoms with Gasteiger partial charge in [0.25, 0.3) is 5.91 Å². The highest BCUT2D eigenvalue weighted by molar-refractivity contribution is 6.11. The van der Waals surface area contributed by atoms with Gasteiger partial charge in [-0.2, -0.15) is 0 Å². The summed E-state index contributed by atoms with van der Waals surface area (Å²) in [5, 5.41) is 2.30. The van der Waals surface area contributed by atoms with E-state index in [4.69, 9.17) is 5.73 Å². The van der Waals surface area contributed by atoms with Gasteiger partial charge in [0.15, 0.2) is 0 Å². The Hall–Kier alpha value is -2.10. The van der Waals surface area contributed by atoms with Gasteiger partial charge in [0.05, 0.1) is 11.1 Å². The maximum Gasteiger partial charge on any atom is 0.273 e. The van der Waals surface area contributed by atoms with Gasteiger partial charge in [-0.1, -0.05) is 37.3 Å². The van der Waals surface area contributed by atoms with Gasteiger partial charge >= 0.3 is 0 Å². The average molecular weight is 230 g/mol. The molecule has 2 rings (SSSR count). The van der Waals surface area contributed by atoms with Gasteiger partial charge in [-0.15, -0.1) is 0 Å². The van der Waals surface area contributed by atoms with Crippen LogP contribution in [-0.4, -0.2) is 11.8 Å². The zero-order chi connectivity index (χ0) is 12.5. The number of imide groups is 1. The van der Waals surface area contributed by atoms with E-state index in [-0.39, 0.29) is 11.6 Å². The van der Waals surface area contributed by atoms with Crippen LogP contribution in [0.4, 0.5) is 0 Å². The predicted molar refractivity (Wildman–Crippen MR) is 63.8 cm³/mol. The number of benzene rings is 1. The topological polar surface area (TPSA) is 72.2 Å². The zero-order valence-electron chi connectivity index (χ0n) is 9.57. The lowest BCUT2D eigenvalue weighted by atomic mass is 9.75. The number of rotatable bonds is 2. The van der Waals surface area contributed by atoms with Crippen molar-refractivity contribution in [3.05, 3.63) is 47.7 Å². The molecule has 0 aromatic heterocycles. The molecule has 17 heavy (non-hydrogen) atoms. The zero-order valence-corrected chi connectivity index (χ0v) is 9.57. The molecular weight excluding hydrogens is 216 g/mol. The number of hydrogen-bond acceptors (Lipinski definition) is 3. The van der Waals surface area contributed by atoms with Crippen LogP contribution in [0.1, 0.15) is 18.9 Å². The molecule has 0 saturated heterocycles. The van der Waals surface area contributed by atoms with E-state index >= 15 is 0 Å². The maximum absolute atomic E-state index is 12.1. The Bertz CT molecular complexity index is 493. The molecule has 88 valence electrons. The van der Waals surface area contributed by atoms with Crippen LogP contribution >= 0.6 is 0 Å². The first-order chi connectivity index (χ1) is 8.10. The molecule has 0 bridgehead atoms. The third-order valence-electron chi connectivity index (χ3n) is 3.14. The molecule has 4 nitrogen and oxygen atoms in total. The molecule has 1 aromatic rings. The summed E-state index contributed by atoms with van der Waals surface area (Å²) in [7, 11) is 0. The summed E-state index contributed by atoms with van der Waals surface area (Å²) >= 11 is 0. The molecule has 1 aromatic carbocycles. The van der Waals surface area contributed by atoms with Crippen LogP contribution in [0, 0.1) is 0 Å². The lowest BCUT2D eigenvalue weighted by Gasteiger charge is -2.32. The highest BCUT2D eigenvalue weighted by atomic mass is 16.2. The first-order valence-electron chi connectivity index (χ1n) is 5.50. The van der Waals surface area contributed by atoms with E-state index in [1.165, 1.54) is 0 Å². The van der Waals surface area contributed by atoms with Crippen LogP contribution in [0.2, 0.25) is 0 Å². The van der Waals surface area contributed by atoms with E-state index in [9.17, 15) is 9.59 Å². The second-order valence-corrected chi connectivity index (χ2v) is 4.07. The summed E-state index contributed by atoms with van der Waals surface area (Å²) < 4.78 is 0. The predicted octanol–water partition coefficient (Wildman–Crippen LogP) is 0.833. The number of carbonyl (C=O) groups is 2. The van der Waals surface area contributed by atoms with Crippen LogP contribution in [0.3, 0.4) is 0 Å². The number of hydrogen-bond donors (Lipinski definition) is 2. The molecule has 1 aliphatic heterocycles. The van der Waals surface area contributed by atoms with Gasteiger partial charge in [0.1, 0.15) is 0 Å². The summed E-state index contributed by atoms with van der Waals surface area (Å²) in [5.74, 6) is -0.833. The van der Waals surface area contributed by atoms with E-state index in [1.54, 1.807) is 6.08 Å². The fourth-order valence-corrected chi connectivity index (χ4v) is 2.10. The normalized spacial score (nSPS) is 24.2. The molecule has 3 N–H and O–H groups in total. The van der Waals surface area contributed by atoms with Gasteiger partial charge in [-0.05, 0) is 18.1 Å². The second-order valence-electron chi connectivity index (χ2n) is 4.07. The highest BCUT2D eigenvalue weighted by Gasteiger charge is 2.41. The Labute approximate surface area is 99.5 Å². The largest absolute Gasteiger partial charge is 0.394 e. The van der Waals surface area contributed by atoms with E-state index in [2.05, 4.69) is 5.32 Å². The lowest BCUT2D eigenvalue weighted by Crippen LogP contribution is -2.51. The van der Waals surface area contributed by atoms with Gasteiger partial charge in [-0.3, -0.25) is 14.9 Å². The monoisotopic (exact) mass is 230 g/mol. The second kappa shape index (κ2) is 4.05. The molecular formula is C13H14N2O2. The molecule has 0 aliphatic carbocycles. The summed E-state index contributed by atoms with van der Waals surface area (Å²) in [5.41, 5.74) is 5.73. The van der Waals surface area contributed by atoms with Crippen molar-refractivity contribution in [1.29, 1.82) is 0 Å². The smallest absolute Gasteiger partial charge is 0.273 e. The molecule has 0 unspecified atom stereocenters.